The molecule has 0 aliphatic heterocycles. The maximum Gasteiger partial charge on any atom is 0.335 e. The second-order valence-corrected chi connectivity index (χ2v) is 3.89. The molecule has 17 heavy (non-hydrogen) atoms. The van der Waals surface area contributed by atoms with E-state index in [-0.39, 0.29) is 11.5 Å². The maximum absolute atomic E-state index is 11.5. The highest BCUT2D eigenvalue weighted by molar-refractivity contribution is 5.93. The fourth-order valence-electron chi connectivity index (χ4n) is 1.49. The number of unbranched alkanes of at least 4 members (excludes halogenated alkanes) is 2. The van der Waals surface area contributed by atoms with E-state index >= 15 is 0 Å². The zero-order valence-corrected chi connectivity index (χ0v) is 9.90. The predicted octanol–water partition coefficient (Wildman–Crippen LogP) is 2.90. The van der Waals surface area contributed by atoms with E-state index in [0.717, 1.165) is 19.3 Å². The molecule has 1 rings (SSSR count). The Kier molecular flexibility index (Phi) is 5.20. The highest BCUT2D eigenvalue weighted by Gasteiger charge is 2.05. The van der Waals surface area contributed by atoms with Gasteiger partial charge in [0.2, 0.25) is 5.91 Å². The van der Waals surface area contributed by atoms with Crippen LogP contribution in [0.15, 0.2) is 24.3 Å². The van der Waals surface area contributed by atoms with Crippen LogP contribution in [0.4, 0.5) is 5.69 Å². The van der Waals surface area contributed by atoms with Crippen molar-refractivity contribution in [1.29, 1.82) is 0 Å². The molecular formula is C13H17NO3. The van der Waals surface area contributed by atoms with Gasteiger partial charge in [0.15, 0.2) is 0 Å². The highest BCUT2D eigenvalue weighted by atomic mass is 16.4. The molecule has 92 valence electrons. The van der Waals surface area contributed by atoms with Crippen LogP contribution in [0.2, 0.25) is 0 Å². The lowest BCUT2D eigenvalue weighted by Crippen LogP contribution is -2.11. The molecule has 0 aliphatic rings. The Morgan fingerprint density at radius 3 is 2.71 bits per heavy atom. The van der Waals surface area contributed by atoms with Crippen LogP contribution in [0, 0.1) is 0 Å². The molecule has 1 amide bonds. The number of hydrogen-bond acceptors (Lipinski definition) is 2. The van der Waals surface area contributed by atoms with Gasteiger partial charge in [0.25, 0.3) is 0 Å². The van der Waals surface area contributed by atoms with Crippen molar-refractivity contribution in [2.75, 3.05) is 5.32 Å². The van der Waals surface area contributed by atoms with Gasteiger partial charge in [0.1, 0.15) is 0 Å². The molecule has 0 aromatic heterocycles. The molecule has 1 aromatic carbocycles. The summed E-state index contributed by atoms with van der Waals surface area (Å²) >= 11 is 0. The van der Waals surface area contributed by atoms with Gasteiger partial charge in [-0.2, -0.15) is 0 Å². The van der Waals surface area contributed by atoms with Gasteiger partial charge in [-0.25, -0.2) is 4.79 Å². The molecule has 4 heteroatoms. The zero-order chi connectivity index (χ0) is 12.7. The number of carbonyl (C=O) groups excluding carboxylic acids is 1. The number of benzene rings is 1. The fourth-order valence-corrected chi connectivity index (χ4v) is 1.49. The van der Waals surface area contributed by atoms with E-state index in [1.807, 2.05) is 0 Å². The van der Waals surface area contributed by atoms with Crippen LogP contribution in [0.25, 0.3) is 0 Å². The maximum atomic E-state index is 11.5. The van der Waals surface area contributed by atoms with E-state index in [0.29, 0.717) is 12.1 Å². The van der Waals surface area contributed by atoms with E-state index in [9.17, 15) is 9.59 Å². The van der Waals surface area contributed by atoms with Gasteiger partial charge in [-0.1, -0.05) is 25.8 Å². The minimum atomic E-state index is -0.993. The second kappa shape index (κ2) is 6.68. The summed E-state index contributed by atoms with van der Waals surface area (Å²) < 4.78 is 0. The molecule has 4 nitrogen and oxygen atoms in total. The first kappa shape index (κ1) is 13.2. The summed E-state index contributed by atoms with van der Waals surface area (Å²) in [6.45, 7) is 2.08. The standard InChI is InChI=1S/C13H17NO3/c1-2-3-4-8-12(15)14-11-7-5-6-10(9-11)13(16)17/h5-7,9H,2-4,8H2,1H3,(H,14,15)(H,16,17). The molecule has 0 spiro atoms. The van der Waals surface area contributed by atoms with Crippen LogP contribution in [0.5, 0.6) is 0 Å². The zero-order valence-electron chi connectivity index (χ0n) is 9.90. The van der Waals surface area contributed by atoms with Crippen LogP contribution < -0.4 is 5.32 Å². The lowest BCUT2D eigenvalue weighted by atomic mass is 10.2. The van der Waals surface area contributed by atoms with E-state index < -0.39 is 5.97 Å². The van der Waals surface area contributed by atoms with Gasteiger partial charge in [0.05, 0.1) is 5.56 Å². The van der Waals surface area contributed by atoms with Crippen molar-refractivity contribution in [2.24, 2.45) is 0 Å². The second-order valence-electron chi connectivity index (χ2n) is 3.89. The summed E-state index contributed by atoms with van der Waals surface area (Å²) in [5.41, 5.74) is 0.711. The number of carboxylic acids is 1. The minimum Gasteiger partial charge on any atom is -0.478 e. The van der Waals surface area contributed by atoms with Gasteiger partial charge < -0.3 is 10.4 Å². The minimum absolute atomic E-state index is 0.0685. The SMILES string of the molecule is CCCCCC(=O)Nc1cccc(C(=O)O)c1. The Hall–Kier alpha value is -1.84. The number of amides is 1. The molecule has 0 fully saturated rings. The molecule has 0 saturated heterocycles. The fraction of sp³-hybridized carbons (Fsp3) is 0.385. The van der Waals surface area contributed by atoms with E-state index in [1.165, 1.54) is 12.1 Å². The third-order valence-electron chi connectivity index (χ3n) is 2.40. The van der Waals surface area contributed by atoms with Gasteiger partial charge in [-0.3, -0.25) is 4.79 Å². The van der Waals surface area contributed by atoms with Crippen molar-refractivity contribution in [3.05, 3.63) is 29.8 Å². The molecule has 0 saturated carbocycles. The van der Waals surface area contributed by atoms with Crippen molar-refractivity contribution in [3.63, 3.8) is 0 Å². The summed E-state index contributed by atoms with van der Waals surface area (Å²) in [5.74, 6) is -1.06. The molecule has 1 aromatic rings. The summed E-state index contributed by atoms with van der Waals surface area (Å²) in [4.78, 5) is 22.2. The first-order valence-electron chi connectivity index (χ1n) is 5.76. The molecule has 0 radical (unpaired) electrons. The van der Waals surface area contributed by atoms with Crippen molar-refractivity contribution in [3.8, 4) is 0 Å². The summed E-state index contributed by atoms with van der Waals surface area (Å²) in [5, 5.41) is 11.5. The quantitative estimate of drug-likeness (QED) is 0.745. The largest absolute Gasteiger partial charge is 0.478 e. The summed E-state index contributed by atoms with van der Waals surface area (Å²) in [6, 6.07) is 6.25. The third-order valence-corrected chi connectivity index (χ3v) is 2.40. The highest BCUT2D eigenvalue weighted by Crippen LogP contribution is 2.11. The Morgan fingerprint density at radius 1 is 1.29 bits per heavy atom. The molecule has 0 bridgehead atoms. The van der Waals surface area contributed by atoms with Crippen LogP contribution in [0.3, 0.4) is 0 Å². The van der Waals surface area contributed by atoms with Gasteiger partial charge >= 0.3 is 5.97 Å². The summed E-state index contributed by atoms with van der Waals surface area (Å²) in [6.07, 6.45) is 3.44. The molecule has 0 unspecified atom stereocenters. The van der Waals surface area contributed by atoms with Crippen molar-refractivity contribution >= 4 is 17.6 Å². The van der Waals surface area contributed by atoms with Crippen LogP contribution in [-0.2, 0) is 4.79 Å². The average molecular weight is 235 g/mol. The van der Waals surface area contributed by atoms with E-state index in [1.54, 1.807) is 12.1 Å². The third kappa shape index (κ3) is 4.68. The summed E-state index contributed by atoms with van der Waals surface area (Å²) in [7, 11) is 0. The first-order chi connectivity index (χ1) is 8.13. The van der Waals surface area contributed by atoms with Crippen molar-refractivity contribution < 1.29 is 14.7 Å². The smallest absolute Gasteiger partial charge is 0.335 e. The number of aromatic carboxylic acids is 1. The molecule has 0 heterocycles. The molecular weight excluding hydrogens is 218 g/mol. The van der Waals surface area contributed by atoms with Crippen molar-refractivity contribution in [1.82, 2.24) is 0 Å². The number of rotatable bonds is 6. The Bertz CT molecular complexity index is 401. The number of nitrogens with one attached hydrogen (secondary N) is 1. The molecule has 0 aliphatic carbocycles. The van der Waals surface area contributed by atoms with E-state index in [4.69, 9.17) is 5.11 Å². The first-order valence-corrected chi connectivity index (χ1v) is 5.76. The van der Waals surface area contributed by atoms with Crippen LogP contribution >= 0.6 is 0 Å². The molecule has 0 atom stereocenters. The lowest BCUT2D eigenvalue weighted by Gasteiger charge is -2.05. The number of hydrogen-bond donors (Lipinski definition) is 2. The topological polar surface area (TPSA) is 66.4 Å². The van der Waals surface area contributed by atoms with Gasteiger partial charge in [-0.05, 0) is 24.6 Å². The predicted molar refractivity (Wildman–Crippen MR) is 66.2 cm³/mol. The van der Waals surface area contributed by atoms with Gasteiger partial charge in [0, 0.05) is 12.1 Å². The Labute approximate surface area is 101 Å². The van der Waals surface area contributed by atoms with Crippen molar-refractivity contribution in [2.45, 2.75) is 32.6 Å². The monoisotopic (exact) mass is 235 g/mol. The van der Waals surface area contributed by atoms with Crippen LogP contribution in [-0.4, -0.2) is 17.0 Å². The number of carbonyl (C=O) groups is 2. The molecule has 2 N–H and O–H groups in total. The number of anilines is 1. The lowest BCUT2D eigenvalue weighted by molar-refractivity contribution is -0.116. The average Bonchev–Trinajstić information content (AvgIpc) is 2.29. The van der Waals surface area contributed by atoms with E-state index in [2.05, 4.69) is 12.2 Å². The normalized spacial score (nSPS) is 9.94. The van der Waals surface area contributed by atoms with Crippen LogP contribution in [0.1, 0.15) is 43.0 Å². The Balaban J connectivity index is 2.53. The van der Waals surface area contributed by atoms with Gasteiger partial charge in [-0.15, -0.1) is 0 Å². The Morgan fingerprint density at radius 2 is 2.06 bits per heavy atom. The number of carboxylic acid groups (broad SMARTS) is 1.